The molecule has 9 heteroatoms. The van der Waals surface area contributed by atoms with Crippen molar-refractivity contribution in [1.29, 1.82) is 0 Å². The van der Waals surface area contributed by atoms with Crippen molar-refractivity contribution < 1.29 is 14.6 Å². The summed E-state index contributed by atoms with van der Waals surface area (Å²) in [6.07, 6.45) is 4.82. The van der Waals surface area contributed by atoms with Crippen molar-refractivity contribution in [1.82, 2.24) is 26.4 Å². The number of hydrazine groups is 1. The molecule has 3 saturated heterocycles. The molecule has 9 nitrogen and oxygen atoms in total. The summed E-state index contributed by atoms with van der Waals surface area (Å²) in [6, 6.07) is 7.65. The SMILES string of the molecule is O=C1NNCC2NC(N3CCCCCC3)NC(Nc3ccc(OCCO)cc3)C12. The molecule has 3 fully saturated rings. The minimum Gasteiger partial charge on any atom is -0.491 e. The first-order valence-corrected chi connectivity index (χ1v) is 10.6. The van der Waals surface area contributed by atoms with Gasteiger partial charge in [-0.2, -0.15) is 0 Å². The number of ether oxygens (including phenoxy) is 1. The molecule has 1 aromatic carbocycles. The number of carbonyl (C=O) groups excluding carboxylic acids is 1. The molecule has 1 aromatic rings. The third kappa shape index (κ3) is 4.99. The van der Waals surface area contributed by atoms with E-state index in [-0.39, 0.29) is 43.5 Å². The maximum absolute atomic E-state index is 12.6. The molecule has 4 rings (SSSR count). The van der Waals surface area contributed by atoms with E-state index >= 15 is 0 Å². The van der Waals surface area contributed by atoms with Gasteiger partial charge in [0.15, 0.2) is 0 Å². The van der Waals surface area contributed by atoms with Crippen LogP contribution in [0.4, 0.5) is 5.69 Å². The van der Waals surface area contributed by atoms with Gasteiger partial charge in [-0.25, -0.2) is 5.43 Å². The third-order valence-electron chi connectivity index (χ3n) is 5.88. The summed E-state index contributed by atoms with van der Waals surface area (Å²) >= 11 is 0. The number of likely N-dealkylation sites (tertiary alicyclic amines) is 1. The highest BCUT2D eigenvalue weighted by Gasteiger charge is 2.44. The average Bonchev–Trinajstić information content (AvgIpc) is 3.03. The molecule has 0 bridgehead atoms. The Bertz CT molecular complexity index is 665. The number of carbonyl (C=O) groups is 1. The van der Waals surface area contributed by atoms with Gasteiger partial charge >= 0.3 is 0 Å². The highest BCUT2D eigenvalue weighted by atomic mass is 16.5. The summed E-state index contributed by atoms with van der Waals surface area (Å²) in [4.78, 5) is 15.0. The van der Waals surface area contributed by atoms with E-state index < -0.39 is 0 Å². The molecule has 0 spiro atoms. The molecule has 6 N–H and O–H groups in total. The molecule has 4 atom stereocenters. The van der Waals surface area contributed by atoms with E-state index in [0.717, 1.165) is 18.8 Å². The van der Waals surface area contributed by atoms with Crippen molar-refractivity contribution >= 4 is 11.6 Å². The van der Waals surface area contributed by atoms with Gasteiger partial charge in [0, 0.05) is 31.4 Å². The Morgan fingerprint density at radius 1 is 1.10 bits per heavy atom. The monoisotopic (exact) mass is 404 g/mol. The van der Waals surface area contributed by atoms with Gasteiger partial charge < -0.3 is 15.2 Å². The smallest absolute Gasteiger partial charge is 0.242 e. The number of nitrogens with one attached hydrogen (secondary N) is 5. The molecule has 0 radical (unpaired) electrons. The van der Waals surface area contributed by atoms with Gasteiger partial charge in [-0.15, -0.1) is 0 Å². The number of anilines is 1. The molecule has 3 heterocycles. The maximum atomic E-state index is 12.6. The zero-order valence-electron chi connectivity index (χ0n) is 16.7. The Balaban J connectivity index is 1.47. The van der Waals surface area contributed by atoms with Gasteiger partial charge in [-0.1, -0.05) is 12.8 Å². The van der Waals surface area contributed by atoms with Crippen LogP contribution < -0.4 is 31.5 Å². The van der Waals surface area contributed by atoms with Crippen LogP contribution in [0.25, 0.3) is 0 Å². The molecule has 0 saturated carbocycles. The lowest BCUT2D eigenvalue weighted by Gasteiger charge is -2.48. The molecule has 160 valence electrons. The summed E-state index contributed by atoms with van der Waals surface area (Å²) < 4.78 is 5.43. The molecule has 4 unspecified atom stereocenters. The second-order valence-corrected chi connectivity index (χ2v) is 7.91. The lowest BCUT2D eigenvalue weighted by atomic mass is 9.91. The van der Waals surface area contributed by atoms with Crippen molar-refractivity contribution in [3.63, 3.8) is 0 Å². The van der Waals surface area contributed by atoms with Crippen LogP contribution in [0.15, 0.2) is 24.3 Å². The van der Waals surface area contributed by atoms with Crippen LogP contribution in [0.1, 0.15) is 25.7 Å². The number of benzene rings is 1. The summed E-state index contributed by atoms with van der Waals surface area (Å²) in [6.45, 7) is 3.07. The van der Waals surface area contributed by atoms with Crippen molar-refractivity contribution in [3.05, 3.63) is 24.3 Å². The van der Waals surface area contributed by atoms with Gasteiger partial charge in [0.25, 0.3) is 0 Å². The first-order chi connectivity index (χ1) is 14.2. The Hall–Kier alpha value is -1.91. The van der Waals surface area contributed by atoms with Crippen LogP contribution in [-0.2, 0) is 4.79 Å². The van der Waals surface area contributed by atoms with Crippen LogP contribution in [0.2, 0.25) is 0 Å². The Morgan fingerprint density at radius 3 is 2.59 bits per heavy atom. The number of rotatable bonds is 6. The zero-order valence-corrected chi connectivity index (χ0v) is 16.7. The summed E-state index contributed by atoms with van der Waals surface area (Å²) in [5.74, 6) is 0.462. The largest absolute Gasteiger partial charge is 0.491 e. The van der Waals surface area contributed by atoms with Gasteiger partial charge in [-0.05, 0) is 37.1 Å². The molecule has 0 aliphatic carbocycles. The van der Waals surface area contributed by atoms with E-state index in [1.807, 2.05) is 24.3 Å². The number of aliphatic hydroxyl groups is 1. The van der Waals surface area contributed by atoms with Gasteiger partial charge in [-0.3, -0.25) is 25.8 Å². The number of fused-ring (bicyclic) bond motifs is 1. The second kappa shape index (κ2) is 9.73. The Morgan fingerprint density at radius 2 is 1.86 bits per heavy atom. The lowest BCUT2D eigenvalue weighted by molar-refractivity contribution is -0.132. The molecule has 0 aromatic heterocycles. The van der Waals surface area contributed by atoms with E-state index in [1.165, 1.54) is 25.7 Å². The summed E-state index contributed by atoms with van der Waals surface area (Å²) in [5, 5.41) is 19.7. The summed E-state index contributed by atoms with van der Waals surface area (Å²) in [5.41, 5.74) is 6.69. The quantitative estimate of drug-likeness (QED) is 0.386. The minimum atomic E-state index is -0.232. The number of aliphatic hydroxyl groups excluding tert-OH is 1. The molecule has 1 amide bonds. The second-order valence-electron chi connectivity index (χ2n) is 7.91. The van der Waals surface area contributed by atoms with E-state index in [1.54, 1.807) is 0 Å². The fraction of sp³-hybridized carbons (Fsp3) is 0.650. The van der Waals surface area contributed by atoms with Gasteiger partial charge in [0.2, 0.25) is 5.91 Å². The summed E-state index contributed by atoms with van der Waals surface area (Å²) in [7, 11) is 0. The number of hydrogen-bond donors (Lipinski definition) is 6. The lowest BCUT2D eigenvalue weighted by Crippen LogP contribution is -2.76. The van der Waals surface area contributed by atoms with Crippen molar-refractivity contribution in [2.45, 2.75) is 44.2 Å². The third-order valence-corrected chi connectivity index (χ3v) is 5.88. The van der Waals surface area contributed by atoms with Crippen LogP contribution in [0, 0.1) is 5.92 Å². The van der Waals surface area contributed by atoms with E-state index in [2.05, 4.69) is 31.7 Å². The predicted molar refractivity (Wildman–Crippen MR) is 110 cm³/mol. The first kappa shape index (κ1) is 20.4. The molecule has 29 heavy (non-hydrogen) atoms. The topological polar surface area (TPSA) is 110 Å². The van der Waals surface area contributed by atoms with Crippen LogP contribution in [0.5, 0.6) is 5.75 Å². The van der Waals surface area contributed by atoms with Gasteiger partial charge in [0.05, 0.1) is 18.7 Å². The normalized spacial score (nSPS) is 30.7. The van der Waals surface area contributed by atoms with E-state index in [9.17, 15) is 4.79 Å². The highest BCUT2D eigenvalue weighted by molar-refractivity contribution is 5.81. The van der Waals surface area contributed by atoms with Crippen LogP contribution in [0.3, 0.4) is 0 Å². The van der Waals surface area contributed by atoms with Gasteiger partial charge in [0.1, 0.15) is 18.6 Å². The highest BCUT2D eigenvalue weighted by Crippen LogP contribution is 2.24. The minimum absolute atomic E-state index is 0.0108. The van der Waals surface area contributed by atoms with Crippen molar-refractivity contribution in [3.8, 4) is 5.75 Å². The number of amides is 1. The first-order valence-electron chi connectivity index (χ1n) is 10.6. The average molecular weight is 405 g/mol. The molecule has 3 aliphatic rings. The number of hydrogen-bond acceptors (Lipinski definition) is 8. The Kier molecular flexibility index (Phi) is 6.83. The van der Waals surface area contributed by atoms with E-state index in [0.29, 0.717) is 12.3 Å². The fourth-order valence-corrected chi connectivity index (χ4v) is 4.40. The van der Waals surface area contributed by atoms with Crippen molar-refractivity contribution in [2.24, 2.45) is 5.92 Å². The molecule has 3 aliphatic heterocycles. The van der Waals surface area contributed by atoms with E-state index in [4.69, 9.17) is 9.84 Å². The van der Waals surface area contributed by atoms with Crippen LogP contribution >= 0.6 is 0 Å². The molecular formula is C20H32N6O3. The van der Waals surface area contributed by atoms with Crippen molar-refractivity contribution in [2.75, 3.05) is 38.2 Å². The predicted octanol–water partition coefficient (Wildman–Crippen LogP) is -0.233. The van der Waals surface area contributed by atoms with Crippen LogP contribution in [-0.4, -0.2) is 67.3 Å². The fourth-order valence-electron chi connectivity index (χ4n) is 4.40. The molecular weight excluding hydrogens is 372 g/mol. The zero-order chi connectivity index (χ0) is 20.1. The standard InChI is InChI=1S/C20H32N6O3/c27-11-12-29-15-7-5-14(6-8-15)22-18-17-16(13-21-25-19(17)28)23-20(24-18)26-9-3-1-2-4-10-26/h5-8,16-18,20-24,27H,1-4,9-13H2,(H,25,28). The maximum Gasteiger partial charge on any atom is 0.242 e. The Labute approximate surface area is 171 Å². The number of nitrogens with zero attached hydrogens (tertiary/aromatic N) is 1.